The molecule has 0 aliphatic carbocycles. The van der Waals surface area contributed by atoms with Crippen LogP contribution in [0.4, 0.5) is 0 Å². The summed E-state index contributed by atoms with van der Waals surface area (Å²) in [5.41, 5.74) is 1.70. The summed E-state index contributed by atoms with van der Waals surface area (Å²) < 4.78 is 0. The van der Waals surface area contributed by atoms with Gasteiger partial charge in [0.15, 0.2) is 5.96 Å². The van der Waals surface area contributed by atoms with E-state index in [4.69, 9.17) is 0 Å². The Morgan fingerprint density at radius 3 is 2.48 bits per heavy atom. The van der Waals surface area contributed by atoms with E-state index in [0.717, 1.165) is 18.1 Å². The van der Waals surface area contributed by atoms with Crippen molar-refractivity contribution in [1.29, 1.82) is 0 Å². The van der Waals surface area contributed by atoms with Crippen LogP contribution in [-0.2, 0) is 6.54 Å². The van der Waals surface area contributed by atoms with Crippen molar-refractivity contribution in [1.82, 2.24) is 16.0 Å². The molecule has 0 unspecified atom stereocenters. The van der Waals surface area contributed by atoms with E-state index in [9.17, 15) is 4.79 Å². The Hall–Kier alpha value is -1.57. The second-order valence-electron chi connectivity index (χ2n) is 4.14. The number of halogens is 1. The Balaban J connectivity index is 0.00000400. The van der Waals surface area contributed by atoms with Gasteiger partial charge in [0.25, 0.3) is 5.91 Å². The molecule has 1 rings (SSSR count). The number of amides is 1. The minimum absolute atomic E-state index is 0. The fourth-order valence-electron chi connectivity index (χ4n) is 1.59. The van der Waals surface area contributed by atoms with E-state index in [1.54, 1.807) is 25.3 Å². The van der Waals surface area contributed by atoms with Crippen molar-refractivity contribution >= 4 is 35.8 Å². The molecular formula is C15H23IN4O. The minimum atomic E-state index is -0.0824. The predicted molar refractivity (Wildman–Crippen MR) is 98.3 cm³/mol. The maximum Gasteiger partial charge on any atom is 0.251 e. The zero-order valence-electron chi connectivity index (χ0n) is 12.5. The van der Waals surface area contributed by atoms with Crippen LogP contribution in [0.3, 0.4) is 0 Å². The van der Waals surface area contributed by atoms with Crippen molar-refractivity contribution in [2.45, 2.75) is 13.5 Å². The summed E-state index contributed by atoms with van der Waals surface area (Å²) in [6.45, 7) is 7.71. The number of rotatable bonds is 6. The van der Waals surface area contributed by atoms with Gasteiger partial charge in [-0.1, -0.05) is 18.2 Å². The van der Waals surface area contributed by atoms with Crippen LogP contribution in [0, 0.1) is 0 Å². The third-order valence-electron chi connectivity index (χ3n) is 2.62. The number of aliphatic imine (C=N–C) groups is 1. The lowest BCUT2D eigenvalue weighted by atomic mass is 10.1. The standard InChI is InChI=1S/C15H22N4O.HI/c1-4-10-18-15(17-5-2)19-11-12-6-8-13(9-7-12)14(20)16-3;/h4,6-9H,1,5,10-11H2,2-3H3,(H,16,20)(H2,17,18,19);1H. The molecule has 0 bridgehead atoms. The summed E-state index contributed by atoms with van der Waals surface area (Å²) >= 11 is 0. The number of guanidine groups is 1. The van der Waals surface area contributed by atoms with Gasteiger partial charge in [-0.2, -0.15) is 0 Å². The average molecular weight is 402 g/mol. The smallest absolute Gasteiger partial charge is 0.251 e. The zero-order chi connectivity index (χ0) is 14.8. The van der Waals surface area contributed by atoms with E-state index >= 15 is 0 Å². The van der Waals surface area contributed by atoms with Crippen LogP contribution >= 0.6 is 24.0 Å². The highest BCUT2D eigenvalue weighted by atomic mass is 127. The quantitative estimate of drug-likeness (QED) is 0.295. The first-order chi connectivity index (χ1) is 9.71. The molecule has 0 radical (unpaired) electrons. The summed E-state index contributed by atoms with van der Waals surface area (Å²) in [4.78, 5) is 15.9. The fourth-order valence-corrected chi connectivity index (χ4v) is 1.59. The van der Waals surface area contributed by atoms with E-state index in [1.165, 1.54) is 0 Å². The van der Waals surface area contributed by atoms with Crippen LogP contribution in [0.25, 0.3) is 0 Å². The average Bonchev–Trinajstić information content (AvgIpc) is 2.49. The monoisotopic (exact) mass is 402 g/mol. The van der Waals surface area contributed by atoms with E-state index in [-0.39, 0.29) is 29.9 Å². The van der Waals surface area contributed by atoms with Crippen molar-refractivity contribution in [3.8, 4) is 0 Å². The molecule has 0 saturated heterocycles. The summed E-state index contributed by atoms with van der Waals surface area (Å²) in [6, 6.07) is 7.41. The lowest BCUT2D eigenvalue weighted by Gasteiger charge is -2.09. The Morgan fingerprint density at radius 1 is 1.29 bits per heavy atom. The second kappa shape index (κ2) is 11.1. The van der Waals surface area contributed by atoms with Gasteiger partial charge in [0.05, 0.1) is 6.54 Å². The first kappa shape index (κ1) is 19.4. The molecule has 1 amide bonds. The van der Waals surface area contributed by atoms with Gasteiger partial charge in [-0.15, -0.1) is 30.6 Å². The van der Waals surface area contributed by atoms with Gasteiger partial charge in [0.2, 0.25) is 0 Å². The van der Waals surface area contributed by atoms with E-state index in [1.807, 2.05) is 19.1 Å². The Labute approximate surface area is 143 Å². The number of carbonyl (C=O) groups excluding carboxylic acids is 1. The largest absolute Gasteiger partial charge is 0.357 e. The molecule has 3 N–H and O–H groups in total. The van der Waals surface area contributed by atoms with Gasteiger partial charge in [0, 0.05) is 25.7 Å². The highest BCUT2D eigenvalue weighted by Gasteiger charge is 2.02. The topological polar surface area (TPSA) is 65.5 Å². The Morgan fingerprint density at radius 2 is 1.95 bits per heavy atom. The normalized spacial score (nSPS) is 10.3. The van der Waals surface area contributed by atoms with Crippen molar-refractivity contribution in [2.75, 3.05) is 20.1 Å². The number of benzene rings is 1. The summed E-state index contributed by atoms with van der Waals surface area (Å²) in [7, 11) is 1.62. The van der Waals surface area contributed by atoms with Crippen LogP contribution in [-0.4, -0.2) is 32.0 Å². The SMILES string of the molecule is C=CCNC(=NCc1ccc(C(=O)NC)cc1)NCC.I. The van der Waals surface area contributed by atoms with Crippen LogP contribution in [0.1, 0.15) is 22.8 Å². The lowest BCUT2D eigenvalue weighted by molar-refractivity contribution is 0.0963. The maximum absolute atomic E-state index is 11.4. The van der Waals surface area contributed by atoms with Crippen LogP contribution in [0.2, 0.25) is 0 Å². The van der Waals surface area contributed by atoms with Crippen molar-refractivity contribution in [2.24, 2.45) is 4.99 Å². The highest BCUT2D eigenvalue weighted by molar-refractivity contribution is 14.0. The molecule has 0 atom stereocenters. The van der Waals surface area contributed by atoms with Gasteiger partial charge < -0.3 is 16.0 Å². The number of hydrogen-bond donors (Lipinski definition) is 3. The molecule has 6 heteroatoms. The second-order valence-corrected chi connectivity index (χ2v) is 4.14. The third-order valence-corrected chi connectivity index (χ3v) is 2.62. The molecule has 0 aliphatic heterocycles. The minimum Gasteiger partial charge on any atom is -0.357 e. The molecule has 116 valence electrons. The lowest BCUT2D eigenvalue weighted by Crippen LogP contribution is -2.37. The molecule has 0 saturated carbocycles. The fraction of sp³-hybridized carbons (Fsp3) is 0.333. The van der Waals surface area contributed by atoms with Crippen LogP contribution in [0.5, 0.6) is 0 Å². The number of carbonyl (C=O) groups is 1. The Bertz CT molecular complexity index is 471. The Kier molecular flexibility index (Phi) is 10.3. The summed E-state index contributed by atoms with van der Waals surface area (Å²) in [5, 5.41) is 8.88. The van der Waals surface area contributed by atoms with Crippen LogP contribution < -0.4 is 16.0 Å². The zero-order valence-corrected chi connectivity index (χ0v) is 14.8. The molecule has 0 fully saturated rings. The van der Waals surface area contributed by atoms with Crippen molar-refractivity contribution < 1.29 is 4.79 Å². The molecule has 0 spiro atoms. The van der Waals surface area contributed by atoms with E-state index < -0.39 is 0 Å². The van der Waals surface area contributed by atoms with Crippen molar-refractivity contribution in [3.05, 3.63) is 48.0 Å². The third kappa shape index (κ3) is 7.12. The number of hydrogen-bond acceptors (Lipinski definition) is 2. The van der Waals surface area contributed by atoms with Gasteiger partial charge in [0.1, 0.15) is 0 Å². The first-order valence-electron chi connectivity index (χ1n) is 6.65. The molecule has 21 heavy (non-hydrogen) atoms. The van der Waals surface area contributed by atoms with Crippen LogP contribution in [0.15, 0.2) is 41.9 Å². The number of nitrogens with zero attached hydrogens (tertiary/aromatic N) is 1. The predicted octanol–water partition coefficient (Wildman–Crippen LogP) is 1.91. The van der Waals surface area contributed by atoms with Gasteiger partial charge in [-0.25, -0.2) is 4.99 Å². The maximum atomic E-state index is 11.4. The summed E-state index contributed by atoms with van der Waals surface area (Å²) in [6.07, 6.45) is 1.78. The highest BCUT2D eigenvalue weighted by Crippen LogP contribution is 2.05. The van der Waals surface area contributed by atoms with Gasteiger partial charge in [-0.3, -0.25) is 4.79 Å². The molecular weight excluding hydrogens is 379 g/mol. The molecule has 1 aromatic carbocycles. The molecule has 5 nitrogen and oxygen atoms in total. The molecule has 0 aromatic heterocycles. The van der Waals surface area contributed by atoms with E-state index in [2.05, 4.69) is 27.5 Å². The number of nitrogens with one attached hydrogen (secondary N) is 3. The van der Waals surface area contributed by atoms with E-state index in [0.29, 0.717) is 18.7 Å². The molecule has 1 aromatic rings. The first-order valence-corrected chi connectivity index (χ1v) is 6.65. The molecule has 0 heterocycles. The van der Waals surface area contributed by atoms with Gasteiger partial charge >= 0.3 is 0 Å². The molecule has 0 aliphatic rings. The summed E-state index contributed by atoms with van der Waals surface area (Å²) in [5.74, 6) is 0.670. The van der Waals surface area contributed by atoms with Crippen molar-refractivity contribution in [3.63, 3.8) is 0 Å². The van der Waals surface area contributed by atoms with Gasteiger partial charge in [-0.05, 0) is 24.6 Å².